The van der Waals surface area contributed by atoms with Gasteiger partial charge in [0.05, 0.1) is 28.0 Å². The summed E-state index contributed by atoms with van der Waals surface area (Å²) >= 11 is 0. The van der Waals surface area contributed by atoms with Crippen LogP contribution in [0.5, 0.6) is 0 Å². The number of fused-ring (bicyclic) bond motifs is 2. The molecule has 0 bridgehead atoms. The Morgan fingerprint density at radius 3 is 1.72 bits per heavy atom. The average molecular weight is 422 g/mol. The number of nitrogens with one attached hydrogen (secondary N) is 4. The number of H-pyrrole nitrogens is 4. The van der Waals surface area contributed by atoms with Gasteiger partial charge in [-0.05, 0) is 42.8 Å². The van der Waals surface area contributed by atoms with E-state index in [-0.39, 0.29) is 5.92 Å². The van der Waals surface area contributed by atoms with Gasteiger partial charge in [0, 0.05) is 35.9 Å². The lowest BCUT2D eigenvalue weighted by molar-refractivity contribution is 0.641. The van der Waals surface area contributed by atoms with E-state index >= 15 is 0 Å². The van der Waals surface area contributed by atoms with E-state index in [0.29, 0.717) is 0 Å². The van der Waals surface area contributed by atoms with Crippen LogP contribution >= 0.6 is 0 Å². The molecule has 4 N–H and O–H groups in total. The zero-order valence-corrected chi connectivity index (χ0v) is 17.6. The predicted molar refractivity (Wildman–Crippen MR) is 124 cm³/mol. The van der Waals surface area contributed by atoms with Crippen molar-refractivity contribution >= 4 is 22.1 Å². The molecule has 4 aromatic heterocycles. The lowest BCUT2D eigenvalue weighted by Crippen LogP contribution is -2.05. The lowest BCUT2D eigenvalue weighted by Gasteiger charge is -2.10. The van der Waals surface area contributed by atoms with E-state index in [1.165, 1.54) is 0 Å². The number of rotatable bonds is 6. The fourth-order valence-corrected chi connectivity index (χ4v) is 4.22. The summed E-state index contributed by atoms with van der Waals surface area (Å²) in [6, 6.07) is 12.3. The molecule has 32 heavy (non-hydrogen) atoms. The molecule has 0 amide bonds. The topological polar surface area (TPSA) is 115 Å². The van der Waals surface area contributed by atoms with Crippen LogP contribution in [0, 0.1) is 0 Å². The van der Waals surface area contributed by atoms with Crippen LogP contribution in [0.1, 0.15) is 37.3 Å². The molecule has 0 saturated carbocycles. The van der Waals surface area contributed by atoms with E-state index in [9.17, 15) is 0 Å². The molecule has 158 valence electrons. The maximum atomic E-state index is 4.90. The quantitative estimate of drug-likeness (QED) is 0.297. The minimum atomic E-state index is 0.0546. The third-order valence-corrected chi connectivity index (χ3v) is 5.78. The summed E-state index contributed by atoms with van der Waals surface area (Å²) in [4.78, 5) is 31.9. The molecule has 2 aromatic carbocycles. The number of hydrogen-bond acceptors (Lipinski definition) is 4. The summed E-state index contributed by atoms with van der Waals surface area (Å²) in [5.41, 5.74) is 5.91. The molecule has 0 aliphatic carbocycles. The van der Waals surface area contributed by atoms with Crippen molar-refractivity contribution in [1.29, 1.82) is 0 Å². The van der Waals surface area contributed by atoms with E-state index < -0.39 is 0 Å². The Labute approximate surface area is 183 Å². The van der Waals surface area contributed by atoms with Crippen LogP contribution < -0.4 is 0 Å². The Morgan fingerprint density at radius 2 is 1.28 bits per heavy atom. The molecular weight excluding hydrogens is 400 g/mol. The van der Waals surface area contributed by atoms with Gasteiger partial charge >= 0.3 is 0 Å². The summed E-state index contributed by atoms with van der Waals surface area (Å²) < 4.78 is 0. The molecule has 0 aliphatic heterocycles. The maximum absolute atomic E-state index is 4.90. The average Bonchev–Trinajstić information content (AvgIpc) is 3.62. The van der Waals surface area contributed by atoms with Gasteiger partial charge < -0.3 is 19.9 Å². The van der Waals surface area contributed by atoms with Crippen molar-refractivity contribution in [3.8, 4) is 22.8 Å². The minimum absolute atomic E-state index is 0.0546. The molecular formula is C24H22N8. The molecule has 8 nitrogen and oxygen atoms in total. The predicted octanol–water partition coefficient (Wildman–Crippen LogP) is 5.15. The van der Waals surface area contributed by atoms with Crippen molar-refractivity contribution in [3.63, 3.8) is 0 Å². The molecule has 0 atom stereocenters. The Hall–Kier alpha value is -4.20. The van der Waals surface area contributed by atoms with Gasteiger partial charge in [0.2, 0.25) is 0 Å². The maximum Gasteiger partial charge on any atom is 0.137 e. The van der Waals surface area contributed by atoms with Gasteiger partial charge in [-0.15, -0.1) is 0 Å². The molecule has 6 aromatic rings. The largest absolute Gasteiger partial charge is 0.345 e. The standard InChI is InChI=1S/C24H22N8/c1-2-3-16(23-29-17-6-4-14(12-19(17)31-23)21-25-8-9-26-21)24-30-18-7-5-15(13-20(18)32-24)22-27-10-11-28-22/h4-13,16H,2-3H2,1H3,(H,25,26)(H,27,28)(H,29,31)(H,30,32). The van der Waals surface area contributed by atoms with E-state index in [4.69, 9.17) is 9.97 Å². The third-order valence-electron chi connectivity index (χ3n) is 5.78. The van der Waals surface area contributed by atoms with Crippen LogP contribution in [0.4, 0.5) is 0 Å². The van der Waals surface area contributed by atoms with Gasteiger partial charge in [0.25, 0.3) is 0 Å². The third kappa shape index (κ3) is 3.17. The van der Waals surface area contributed by atoms with E-state index in [1.807, 2.05) is 36.7 Å². The van der Waals surface area contributed by atoms with Crippen LogP contribution in [-0.2, 0) is 0 Å². The zero-order chi connectivity index (χ0) is 21.5. The SMILES string of the molecule is CCCC(c1nc2ccc(-c3ncc[nH]3)cc2[nH]1)c1nc2ccc(-c3ncc[nH]3)cc2[nH]1. The van der Waals surface area contributed by atoms with Gasteiger partial charge in [-0.2, -0.15) is 0 Å². The van der Waals surface area contributed by atoms with Crippen molar-refractivity contribution in [3.05, 3.63) is 72.8 Å². The molecule has 0 fully saturated rings. The summed E-state index contributed by atoms with van der Waals surface area (Å²) in [7, 11) is 0. The number of imidazole rings is 4. The van der Waals surface area contributed by atoms with E-state index in [0.717, 1.165) is 69.3 Å². The highest BCUT2D eigenvalue weighted by Gasteiger charge is 2.21. The molecule has 0 saturated heterocycles. The van der Waals surface area contributed by atoms with Crippen LogP contribution in [0.15, 0.2) is 61.2 Å². The van der Waals surface area contributed by atoms with E-state index in [2.05, 4.69) is 49.0 Å². The van der Waals surface area contributed by atoms with Crippen LogP contribution in [0.3, 0.4) is 0 Å². The van der Waals surface area contributed by atoms with Crippen molar-refractivity contribution in [2.24, 2.45) is 0 Å². The van der Waals surface area contributed by atoms with Crippen LogP contribution in [0.25, 0.3) is 44.8 Å². The first-order chi connectivity index (χ1) is 15.8. The minimum Gasteiger partial charge on any atom is -0.345 e. The number of aromatic amines is 4. The first kappa shape index (κ1) is 18.6. The molecule has 0 aliphatic rings. The highest BCUT2D eigenvalue weighted by molar-refractivity contribution is 5.82. The Balaban J connectivity index is 1.39. The zero-order valence-electron chi connectivity index (χ0n) is 17.6. The monoisotopic (exact) mass is 422 g/mol. The van der Waals surface area contributed by atoms with Crippen molar-refractivity contribution in [2.45, 2.75) is 25.7 Å². The summed E-state index contributed by atoms with van der Waals surface area (Å²) in [6.07, 6.45) is 9.13. The number of nitrogens with zero attached hydrogens (tertiary/aromatic N) is 4. The Kier molecular flexibility index (Phi) is 4.34. The van der Waals surface area contributed by atoms with Gasteiger partial charge in [-0.3, -0.25) is 0 Å². The molecule has 4 heterocycles. The Morgan fingerprint density at radius 1 is 0.750 bits per heavy atom. The number of benzene rings is 2. The smallest absolute Gasteiger partial charge is 0.137 e. The fraction of sp³-hybridized carbons (Fsp3) is 0.167. The summed E-state index contributed by atoms with van der Waals surface area (Å²) in [5, 5.41) is 0. The first-order valence-electron chi connectivity index (χ1n) is 10.8. The van der Waals surface area contributed by atoms with Crippen LogP contribution in [-0.4, -0.2) is 39.9 Å². The molecule has 0 spiro atoms. The van der Waals surface area contributed by atoms with E-state index in [1.54, 1.807) is 12.4 Å². The molecule has 0 unspecified atom stereocenters. The van der Waals surface area contributed by atoms with Gasteiger partial charge in [-0.25, -0.2) is 19.9 Å². The molecule has 8 heteroatoms. The van der Waals surface area contributed by atoms with Crippen LogP contribution in [0.2, 0.25) is 0 Å². The lowest BCUT2D eigenvalue weighted by atomic mass is 10.0. The second-order valence-corrected chi connectivity index (χ2v) is 7.92. The van der Waals surface area contributed by atoms with Crippen molar-refractivity contribution < 1.29 is 0 Å². The second kappa shape index (κ2) is 7.49. The summed E-state index contributed by atoms with van der Waals surface area (Å²) in [6.45, 7) is 2.18. The highest BCUT2D eigenvalue weighted by atomic mass is 15.0. The van der Waals surface area contributed by atoms with Gasteiger partial charge in [0.15, 0.2) is 0 Å². The van der Waals surface area contributed by atoms with Gasteiger partial charge in [-0.1, -0.05) is 13.3 Å². The highest BCUT2D eigenvalue weighted by Crippen LogP contribution is 2.30. The van der Waals surface area contributed by atoms with Gasteiger partial charge in [0.1, 0.15) is 23.3 Å². The summed E-state index contributed by atoms with van der Waals surface area (Å²) in [5.74, 6) is 3.59. The normalized spacial score (nSPS) is 11.8. The van der Waals surface area contributed by atoms with Crippen molar-refractivity contribution in [1.82, 2.24) is 39.9 Å². The molecule has 6 rings (SSSR count). The number of aromatic nitrogens is 8. The number of hydrogen-bond donors (Lipinski definition) is 4. The molecule has 0 radical (unpaired) electrons. The second-order valence-electron chi connectivity index (χ2n) is 7.92. The Bertz CT molecular complexity index is 1380. The fourth-order valence-electron chi connectivity index (χ4n) is 4.22. The van der Waals surface area contributed by atoms with Crippen molar-refractivity contribution in [2.75, 3.05) is 0 Å². The first-order valence-corrected chi connectivity index (χ1v) is 10.8.